The van der Waals surface area contributed by atoms with E-state index in [4.69, 9.17) is 16.3 Å². The molecule has 0 saturated carbocycles. The average molecular weight is 305 g/mol. The van der Waals surface area contributed by atoms with Gasteiger partial charge in [-0.3, -0.25) is 15.6 Å². The zero-order valence-electron chi connectivity index (χ0n) is 11.9. The van der Waals surface area contributed by atoms with Gasteiger partial charge < -0.3 is 4.74 Å². The number of nitrogens with one attached hydrogen (secondary N) is 2. The van der Waals surface area contributed by atoms with Gasteiger partial charge in [-0.25, -0.2) is 0 Å². The SMILES string of the molecule is Cc1cccc(OCC(=O)NNc2cccc(Cl)c2)c1C. The lowest BCUT2D eigenvalue weighted by Crippen LogP contribution is -2.33. The summed E-state index contributed by atoms with van der Waals surface area (Å²) in [4.78, 5) is 11.7. The second-order valence-corrected chi connectivity index (χ2v) is 5.11. The summed E-state index contributed by atoms with van der Waals surface area (Å²) in [5, 5.41) is 0.598. The molecule has 2 aromatic carbocycles. The van der Waals surface area contributed by atoms with Crippen LogP contribution < -0.4 is 15.6 Å². The highest BCUT2D eigenvalue weighted by Crippen LogP contribution is 2.20. The van der Waals surface area contributed by atoms with Crippen LogP contribution in [0.5, 0.6) is 5.75 Å². The average Bonchev–Trinajstić information content (AvgIpc) is 2.47. The summed E-state index contributed by atoms with van der Waals surface area (Å²) >= 11 is 5.86. The molecule has 2 aromatic rings. The first-order chi connectivity index (χ1) is 10.1. The van der Waals surface area contributed by atoms with Crippen LogP contribution in [0.4, 0.5) is 5.69 Å². The van der Waals surface area contributed by atoms with Crippen LogP contribution in [0.25, 0.3) is 0 Å². The van der Waals surface area contributed by atoms with Crippen molar-refractivity contribution < 1.29 is 9.53 Å². The lowest BCUT2D eigenvalue weighted by molar-refractivity contribution is -0.122. The van der Waals surface area contributed by atoms with Crippen molar-refractivity contribution in [2.24, 2.45) is 0 Å². The van der Waals surface area contributed by atoms with Gasteiger partial charge in [0.2, 0.25) is 0 Å². The van der Waals surface area contributed by atoms with Crippen LogP contribution in [0.2, 0.25) is 5.02 Å². The summed E-state index contributed by atoms with van der Waals surface area (Å²) < 4.78 is 5.51. The molecule has 110 valence electrons. The van der Waals surface area contributed by atoms with Crippen molar-refractivity contribution in [3.05, 3.63) is 58.6 Å². The molecule has 2 N–H and O–H groups in total. The number of aryl methyl sites for hydroxylation is 1. The summed E-state index contributed by atoms with van der Waals surface area (Å²) in [5.74, 6) is 0.448. The van der Waals surface area contributed by atoms with E-state index in [1.165, 1.54) is 0 Å². The number of hydrazine groups is 1. The number of hydrogen-bond donors (Lipinski definition) is 2. The number of ether oxygens (including phenoxy) is 1. The van der Waals surface area contributed by atoms with Crippen molar-refractivity contribution in [1.82, 2.24) is 5.43 Å². The first-order valence-corrected chi connectivity index (χ1v) is 6.93. The molecule has 0 radical (unpaired) electrons. The summed E-state index contributed by atoms with van der Waals surface area (Å²) in [7, 11) is 0. The molecule has 0 unspecified atom stereocenters. The van der Waals surface area contributed by atoms with E-state index in [-0.39, 0.29) is 12.5 Å². The first kappa shape index (κ1) is 15.2. The molecule has 0 atom stereocenters. The van der Waals surface area contributed by atoms with Crippen molar-refractivity contribution >= 4 is 23.2 Å². The van der Waals surface area contributed by atoms with Crippen molar-refractivity contribution in [1.29, 1.82) is 0 Å². The molecule has 21 heavy (non-hydrogen) atoms. The van der Waals surface area contributed by atoms with E-state index in [9.17, 15) is 4.79 Å². The van der Waals surface area contributed by atoms with E-state index < -0.39 is 0 Å². The Kier molecular flexibility index (Phi) is 5.06. The first-order valence-electron chi connectivity index (χ1n) is 6.55. The second-order valence-electron chi connectivity index (χ2n) is 4.67. The third-order valence-corrected chi connectivity index (χ3v) is 3.32. The van der Waals surface area contributed by atoms with E-state index in [1.807, 2.05) is 32.0 Å². The van der Waals surface area contributed by atoms with Crippen molar-refractivity contribution in [2.45, 2.75) is 13.8 Å². The Hall–Kier alpha value is -2.20. The number of carbonyl (C=O) groups excluding carboxylic acids is 1. The highest BCUT2D eigenvalue weighted by Gasteiger charge is 2.05. The van der Waals surface area contributed by atoms with Crippen molar-refractivity contribution in [2.75, 3.05) is 12.0 Å². The second kappa shape index (κ2) is 6.99. The van der Waals surface area contributed by atoms with Crippen LogP contribution in [-0.2, 0) is 4.79 Å². The molecule has 0 bridgehead atoms. The molecule has 2 rings (SSSR count). The largest absolute Gasteiger partial charge is 0.483 e. The predicted molar refractivity (Wildman–Crippen MR) is 84.6 cm³/mol. The van der Waals surface area contributed by atoms with E-state index in [0.29, 0.717) is 16.5 Å². The quantitative estimate of drug-likeness (QED) is 0.832. The van der Waals surface area contributed by atoms with Gasteiger partial charge in [-0.05, 0) is 49.2 Å². The number of hydrogen-bond acceptors (Lipinski definition) is 3. The maximum atomic E-state index is 11.7. The summed E-state index contributed by atoms with van der Waals surface area (Å²) in [6, 6.07) is 12.8. The molecule has 0 fully saturated rings. The Balaban J connectivity index is 1.84. The van der Waals surface area contributed by atoms with Gasteiger partial charge in [0.25, 0.3) is 5.91 Å². The minimum atomic E-state index is -0.268. The van der Waals surface area contributed by atoms with Crippen LogP contribution >= 0.6 is 11.6 Å². The van der Waals surface area contributed by atoms with E-state index >= 15 is 0 Å². The summed E-state index contributed by atoms with van der Waals surface area (Å²) in [5.41, 5.74) is 8.22. The van der Waals surface area contributed by atoms with Gasteiger partial charge in [0.1, 0.15) is 5.75 Å². The molecular formula is C16H17ClN2O2. The van der Waals surface area contributed by atoms with Gasteiger partial charge in [0, 0.05) is 5.02 Å². The Morgan fingerprint density at radius 2 is 1.95 bits per heavy atom. The number of carbonyl (C=O) groups is 1. The third-order valence-electron chi connectivity index (χ3n) is 3.08. The monoisotopic (exact) mass is 304 g/mol. The van der Waals surface area contributed by atoms with Crippen LogP contribution in [0.1, 0.15) is 11.1 Å². The van der Waals surface area contributed by atoms with E-state index in [0.717, 1.165) is 11.1 Å². The number of rotatable bonds is 5. The topological polar surface area (TPSA) is 50.4 Å². The Morgan fingerprint density at radius 1 is 1.19 bits per heavy atom. The van der Waals surface area contributed by atoms with E-state index in [2.05, 4.69) is 10.9 Å². The summed E-state index contributed by atoms with van der Waals surface area (Å²) in [6.07, 6.45) is 0. The molecule has 4 nitrogen and oxygen atoms in total. The minimum Gasteiger partial charge on any atom is -0.483 e. The molecule has 0 aliphatic rings. The van der Waals surface area contributed by atoms with Crippen LogP contribution in [0.3, 0.4) is 0 Å². The number of halogens is 1. The fourth-order valence-electron chi connectivity index (χ4n) is 1.77. The van der Waals surface area contributed by atoms with Crippen molar-refractivity contribution in [3.8, 4) is 5.75 Å². The molecule has 0 aromatic heterocycles. The number of anilines is 1. The Morgan fingerprint density at radius 3 is 2.71 bits per heavy atom. The fourth-order valence-corrected chi connectivity index (χ4v) is 1.96. The molecule has 0 saturated heterocycles. The van der Waals surface area contributed by atoms with Gasteiger partial charge in [0.15, 0.2) is 6.61 Å². The lowest BCUT2D eigenvalue weighted by atomic mass is 10.1. The summed E-state index contributed by atoms with van der Waals surface area (Å²) in [6.45, 7) is 3.91. The minimum absolute atomic E-state index is 0.0577. The molecule has 1 amide bonds. The molecule has 0 aliphatic carbocycles. The van der Waals surface area contributed by atoms with Gasteiger partial charge in [-0.2, -0.15) is 0 Å². The van der Waals surface area contributed by atoms with Gasteiger partial charge in [-0.1, -0.05) is 29.8 Å². The Bertz CT molecular complexity index is 644. The van der Waals surface area contributed by atoms with Crippen LogP contribution in [0.15, 0.2) is 42.5 Å². The van der Waals surface area contributed by atoms with Gasteiger partial charge >= 0.3 is 0 Å². The molecular weight excluding hydrogens is 288 g/mol. The normalized spacial score (nSPS) is 10.0. The molecule has 0 spiro atoms. The fraction of sp³-hybridized carbons (Fsp3) is 0.188. The lowest BCUT2D eigenvalue weighted by Gasteiger charge is -2.12. The van der Waals surface area contributed by atoms with Crippen molar-refractivity contribution in [3.63, 3.8) is 0 Å². The smallest absolute Gasteiger partial charge is 0.276 e. The van der Waals surface area contributed by atoms with Gasteiger partial charge in [0.05, 0.1) is 5.69 Å². The zero-order chi connectivity index (χ0) is 15.2. The van der Waals surface area contributed by atoms with E-state index in [1.54, 1.807) is 24.3 Å². The zero-order valence-corrected chi connectivity index (χ0v) is 12.7. The maximum absolute atomic E-state index is 11.7. The number of amides is 1. The third kappa shape index (κ3) is 4.39. The molecule has 0 aliphatic heterocycles. The highest BCUT2D eigenvalue weighted by molar-refractivity contribution is 6.30. The predicted octanol–water partition coefficient (Wildman–Crippen LogP) is 3.48. The van der Waals surface area contributed by atoms with Crippen LogP contribution in [-0.4, -0.2) is 12.5 Å². The number of benzene rings is 2. The molecule has 0 heterocycles. The Labute approximate surface area is 129 Å². The van der Waals surface area contributed by atoms with Gasteiger partial charge in [-0.15, -0.1) is 0 Å². The standard InChI is InChI=1S/C16H17ClN2O2/c1-11-5-3-8-15(12(11)2)21-10-16(20)19-18-14-7-4-6-13(17)9-14/h3-9,18H,10H2,1-2H3,(H,19,20). The molecule has 5 heteroatoms. The van der Waals surface area contributed by atoms with Crippen LogP contribution in [0, 0.1) is 13.8 Å². The highest BCUT2D eigenvalue weighted by atomic mass is 35.5. The maximum Gasteiger partial charge on any atom is 0.276 e.